The highest BCUT2D eigenvalue weighted by atomic mass is 35.5. The van der Waals surface area contributed by atoms with Gasteiger partial charge in [-0.1, -0.05) is 30.7 Å². The molecule has 0 atom stereocenters. The summed E-state index contributed by atoms with van der Waals surface area (Å²) in [7, 11) is -6.91. The van der Waals surface area contributed by atoms with E-state index in [4.69, 9.17) is 16.7 Å². The summed E-state index contributed by atoms with van der Waals surface area (Å²) in [6.07, 6.45) is 2.87. The molecule has 29 heavy (non-hydrogen) atoms. The number of halogens is 1. The lowest BCUT2D eigenvalue weighted by atomic mass is 10.1. The van der Waals surface area contributed by atoms with Crippen molar-refractivity contribution in [2.75, 3.05) is 13.6 Å². The van der Waals surface area contributed by atoms with Crippen LogP contribution in [0.25, 0.3) is 16.8 Å². The van der Waals surface area contributed by atoms with Gasteiger partial charge < -0.3 is 0 Å². The van der Waals surface area contributed by atoms with E-state index in [0.29, 0.717) is 16.1 Å². The van der Waals surface area contributed by atoms with Gasteiger partial charge in [-0.05, 0) is 41.5 Å². The Labute approximate surface area is 174 Å². The summed E-state index contributed by atoms with van der Waals surface area (Å²) in [5, 5.41) is 9.98. The lowest BCUT2D eigenvalue weighted by Crippen LogP contribution is -2.29. The minimum atomic E-state index is -4.28. The molecule has 0 spiro atoms. The second kappa shape index (κ2) is 7.88. The van der Waals surface area contributed by atoms with Crippen LogP contribution in [0.2, 0.25) is 5.02 Å². The zero-order valence-electron chi connectivity index (χ0n) is 15.6. The number of primary sulfonamides is 1. The number of sulfonamides is 2. The molecule has 0 saturated carbocycles. The van der Waals surface area contributed by atoms with Gasteiger partial charge in [0.1, 0.15) is 15.5 Å². The second-order valence-corrected chi connectivity index (χ2v) is 10.2. The summed E-state index contributed by atoms with van der Waals surface area (Å²) in [5.74, 6) is 0. The predicted octanol–water partition coefficient (Wildman–Crippen LogP) is 2.48. The minimum absolute atomic E-state index is 0.129. The third-order valence-corrected chi connectivity index (χ3v) is 7.51. The van der Waals surface area contributed by atoms with E-state index in [1.165, 1.54) is 36.3 Å². The number of hydrogen-bond donors (Lipinski definition) is 1. The third kappa shape index (κ3) is 4.21. The Morgan fingerprint density at radius 2 is 1.69 bits per heavy atom. The Morgan fingerprint density at radius 3 is 2.21 bits per heavy atom. The van der Waals surface area contributed by atoms with Crippen molar-refractivity contribution >= 4 is 31.6 Å². The predicted molar refractivity (Wildman–Crippen MR) is 111 cm³/mol. The average molecular weight is 455 g/mol. The molecule has 0 radical (unpaired) electrons. The molecule has 0 amide bonds. The van der Waals surface area contributed by atoms with Gasteiger partial charge in [0.25, 0.3) is 0 Å². The van der Waals surface area contributed by atoms with Crippen LogP contribution in [-0.4, -0.2) is 44.5 Å². The molecule has 2 aromatic carbocycles. The van der Waals surface area contributed by atoms with Crippen LogP contribution in [0, 0.1) is 0 Å². The molecule has 0 aliphatic rings. The number of hydrogen-bond acceptors (Lipinski definition) is 5. The molecule has 0 aliphatic carbocycles. The first kappa shape index (κ1) is 21.5. The smallest absolute Gasteiger partial charge is 0.238 e. The summed E-state index contributed by atoms with van der Waals surface area (Å²) in [6.45, 7) is 1.87. The van der Waals surface area contributed by atoms with E-state index < -0.39 is 20.0 Å². The molecule has 3 rings (SSSR count). The Kier molecular flexibility index (Phi) is 5.84. The molecule has 0 unspecified atom stereocenters. The van der Waals surface area contributed by atoms with Crippen LogP contribution in [0.5, 0.6) is 0 Å². The molecule has 0 aliphatic heterocycles. The van der Waals surface area contributed by atoms with E-state index in [1.54, 1.807) is 37.3 Å². The zero-order valence-corrected chi connectivity index (χ0v) is 18.0. The molecular weight excluding hydrogens is 436 g/mol. The fraction of sp³-hybridized carbons (Fsp3) is 0.167. The highest BCUT2D eigenvalue weighted by molar-refractivity contribution is 7.90. The molecule has 3 aromatic rings. The van der Waals surface area contributed by atoms with Crippen molar-refractivity contribution in [1.29, 1.82) is 0 Å². The van der Waals surface area contributed by atoms with Crippen molar-refractivity contribution in [3.8, 4) is 16.8 Å². The summed E-state index contributed by atoms with van der Waals surface area (Å²) < 4.78 is 53.6. The largest absolute Gasteiger partial charge is 0.245 e. The van der Waals surface area contributed by atoms with E-state index in [9.17, 15) is 16.8 Å². The van der Waals surface area contributed by atoms with E-state index in [2.05, 4.69) is 5.10 Å². The molecule has 11 heteroatoms. The maximum atomic E-state index is 13.2. The Hall–Kier alpha value is -2.24. The van der Waals surface area contributed by atoms with Gasteiger partial charge in [-0.2, -0.15) is 5.10 Å². The molecule has 8 nitrogen and oxygen atoms in total. The van der Waals surface area contributed by atoms with Gasteiger partial charge in [-0.25, -0.2) is 31.0 Å². The van der Waals surface area contributed by atoms with Gasteiger partial charge in [-0.15, -0.1) is 0 Å². The van der Waals surface area contributed by atoms with E-state index >= 15 is 0 Å². The van der Waals surface area contributed by atoms with Crippen LogP contribution in [0.4, 0.5) is 0 Å². The highest BCUT2D eigenvalue weighted by Gasteiger charge is 2.30. The van der Waals surface area contributed by atoms with Crippen LogP contribution in [-0.2, 0) is 20.0 Å². The number of rotatable bonds is 6. The highest BCUT2D eigenvalue weighted by Crippen LogP contribution is 2.34. The van der Waals surface area contributed by atoms with Gasteiger partial charge in [-0.3, -0.25) is 0 Å². The Morgan fingerprint density at radius 1 is 1.07 bits per heavy atom. The topological polar surface area (TPSA) is 115 Å². The number of nitrogens with two attached hydrogens (primary N) is 1. The molecule has 0 saturated heterocycles. The first-order valence-electron chi connectivity index (χ1n) is 8.49. The average Bonchev–Trinajstić information content (AvgIpc) is 3.20. The summed E-state index contributed by atoms with van der Waals surface area (Å²) in [6, 6.07) is 10.9. The van der Waals surface area contributed by atoms with Crippen LogP contribution >= 0.6 is 11.6 Å². The summed E-state index contributed by atoms with van der Waals surface area (Å²) in [5.41, 5.74) is 0.821. The normalized spacial score (nSPS) is 12.4. The maximum Gasteiger partial charge on any atom is 0.245 e. The first-order valence-corrected chi connectivity index (χ1v) is 11.8. The SMILES string of the molecule is CCN(C)S(=O)(=O)c1cc(-c2ccc(Cl)cc2)cc(S(N)(=O)=O)c1-n1cccn1. The van der Waals surface area contributed by atoms with E-state index in [1.807, 2.05) is 0 Å². The van der Waals surface area contributed by atoms with Gasteiger partial charge in [0.05, 0.1) is 0 Å². The van der Waals surface area contributed by atoms with Gasteiger partial charge in [0.2, 0.25) is 20.0 Å². The van der Waals surface area contributed by atoms with E-state index in [-0.39, 0.29) is 22.0 Å². The molecular formula is C18H19ClN4O4S2. The maximum absolute atomic E-state index is 13.2. The van der Waals surface area contributed by atoms with Crippen LogP contribution in [0.3, 0.4) is 0 Å². The number of nitrogens with zero attached hydrogens (tertiary/aromatic N) is 3. The Balaban J connectivity index is 2.46. The number of aromatic nitrogens is 2. The molecule has 154 valence electrons. The number of benzene rings is 2. The molecule has 0 fully saturated rings. The molecule has 1 aromatic heterocycles. The van der Waals surface area contributed by atoms with Crippen LogP contribution < -0.4 is 5.14 Å². The van der Waals surface area contributed by atoms with Gasteiger partial charge in [0, 0.05) is 31.0 Å². The van der Waals surface area contributed by atoms with Crippen molar-refractivity contribution in [1.82, 2.24) is 14.1 Å². The van der Waals surface area contributed by atoms with E-state index in [0.717, 1.165) is 4.31 Å². The van der Waals surface area contributed by atoms with Crippen LogP contribution in [0.15, 0.2) is 64.6 Å². The summed E-state index contributed by atoms with van der Waals surface area (Å²) in [4.78, 5) is -0.571. The summed E-state index contributed by atoms with van der Waals surface area (Å²) >= 11 is 5.93. The molecule has 2 N–H and O–H groups in total. The Bertz CT molecular complexity index is 1240. The fourth-order valence-corrected chi connectivity index (χ4v) is 5.12. The van der Waals surface area contributed by atoms with Crippen molar-refractivity contribution in [3.63, 3.8) is 0 Å². The lowest BCUT2D eigenvalue weighted by molar-refractivity contribution is 0.485. The fourth-order valence-electron chi connectivity index (χ4n) is 2.77. The quantitative estimate of drug-likeness (QED) is 0.614. The van der Waals surface area contributed by atoms with Crippen LogP contribution in [0.1, 0.15) is 6.92 Å². The van der Waals surface area contributed by atoms with Crippen molar-refractivity contribution in [2.24, 2.45) is 5.14 Å². The first-order chi connectivity index (χ1) is 13.6. The van der Waals surface area contributed by atoms with Crippen molar-refractivity contribution in [2.45, 2.75) is 16.7 Å². The third-order valence-electron chi connectivity index (χ3n) is 4.39. The molecule has 0 bridgehead atoms. The minimum Gasteiger partial charge on any atom is -0.238 e. The van der Waals surface area contributed by atoms with Gasteiger partial charge in [0.15, 0.2) is 0 Å². The lowest BCUT2D eigenvalue weighted by Gasteiger charge is -2.20. The zero-order chi connectivity index (χ0) is 21.4. The van der Waals surface area contributed by atoms with Crippen molar-refractivity contribution < 1.29 is 16.8 Å². The monoisotopic (exact) mass is 454 g/mol. The van der Waals surface area contributed by atoms with Gasteiger partial charge >= 0.3 is 0 Å². The standard InChI is InChI=1S/C18H19ClN4O4S2/c1-3-22(2)29(26,27)17-12-14(13-5-7-15(19)8-6-13)11-16(28(20,24)25)18(17)23-10-4-9-21-23/h4-12H,3H2,1-2H3,(H2,20,24,25). The second-order valence-electron chi connectivity index (χ2n) is 6.24. The van der Waals surface area contributed by atoms with Crippen molar-refractivity contribution in [3.05, 3.63) is 59.9 Å². The molecule has 1 heterocycles.